The number of thiazole rings is 1. The van der Waals surface area contributed by atoms with E-state index in [0.717, 1.165) is 5.69 Å². The van der Waals surface area contributed by atoms with Crippen molar-refractivity contribution in [3.63, 3.8) is 0 Å². The zero-order chi connectivity index (χ0) is 5.82. The Labute approximate surface area is 52.7 Å². The van der Waals surface area contributed by atoms with Crippen molar-refractivity contribution in [3.8, 4) is 0 Å². The number of hydrogen-bond acceptors (Lipinski definition) is 2. The summed E-state index contributed by atoms with van der Waals surface area (Å²) in [7, 11) is 0. The second-order valence-corrected chi connectivity index (χ2v) is 2.13. The highest BCUT2D eigenvalue weighted by molar-refractivity contribution is 7.07. The lowest BCUT2D eigenvalue weighted by atomic mass is 10.4. The van der Waals surface area contributed by atoms with Crippen LogP contribution in [0, 0.1) is 0 Å². The van der Waals surface area contributed by atoms with Crippen molar-refractivity contribution >= 4 is 17.4 Å². The van der Waals surface area contributed by atoms with Crippen molar-refractivity contribution in [2.75, 3.05) is 0 Å². The molecule has 1 heterocycles. The smallest absolute Gasteiger partial charge is 0.0798 e. The summed E-state index contributed by atoms with van der Waals surface area (Å²) in [6, 6.07) is 0. The number of hydrogen-bond donors (Lipinski definition) is 0. The summed E-state index contributed by atoms with van der Waals surface area (Å²) in [5.74, 6) is 0. The van der Waals surface area contributed by atoms with Crippen LogP contribution in [-0.2, 0) is 0 Å². The van der Waals surface area contributed by atoms with Crippen molar-refractivity contribution in [1.82, 2.24) is 4.98 Å². The maximum atomic E-state index is 4.04. The largest absolute Gasteiger partial charge is 0.245 e. The van der Waals surface area contributed by atoms with Crippen LogP contribution in [0.4, 0.5) is 0 Å². The Balaban J connectivity index is 2.77. The zero-order valence-corrected chi connectivity index (χ0v) is 5.48. The maximum absolute atomic E-state index is 4.04. The molecule has 1 nitrogen and oxygen atoms in total. The molecule has 0 fully saturated rings. The Kier molecular flexibility index (Phi) is 1.80. The van der Waals surface area contributed by atoms with Crippen molar-refractivity contribution in [2.45, 2.75) is 6.92 Å². The molecule has 1 aromatic rings. The highest BCUT2D eigenvalue weighted by Gasteiger charge is 1.81. The summed E-state index contributed by atoms with van der Waals surface area (Å²) in [6.45, 7) is 1.99. The van der Waals surface area contributed by atoms with Crippen molar-refractivity contribution < 1.29 is 0 Å². The van der Waals surface area contributed by atoms with Crippen LogP contribution in [0.5, 0.6) is 0 Å². The minimum atomic E-state index is 1.05. The Morgan fingerprint density at radius 3 is 3.12 bits per heavy atom. The van der Waals surface area contributed by atoms with Crippen LogP contribution in [0.2, 0.25) is 0 Å². The van der Waals surface area contributed by atoms with Gasteiger partial charge < -0.3 is 0 Å². The molecule has 0 bridgehead atoms. The summed E-state index contributed by atoms with van der Waals surface area (Å²) < 4.78 is 0. The average Bonchev–Trinajstić information content (AvgIpc) is 2.19. The van der Waals surface area contributed by atoms with E-state index < -0.39 is 0 Å². The molecule has 0 aliphatic rings. The molecule has 0 saturated heterocycles. The second-order valence-electron chi connectivity index (χ2n) is 1.41. The minimum Gasteiger partial charge on any atom is -0.245 e. The zero-order valence-electron chi connectivity index (χ0n) is 4.66. The van der Waals surface area contributed by atoms with E-state index in [9.17, 15) is 0 Å². The molecule has 0 N–H and O–H groups in total. The van der Waals surface area contributed by atoms with E-state index >= 15 is 0 Å². The molecule has 0 spiro atoms. The lowest BCUT2D eigenvalue weighted by molar-refractivity contribution is 1.38. The topological polar surface area (TPSA) is 12.9 Å². The molecule has 0 aromatic carbocycles. The predicted octanol–water partition coefficient (Wildman–Crippen LogP) is 2.18. The van der Waals surface area contributed by atoms with Gasteiger partial charge >= 0.3 is 0 Å². The van der Waals surface area contributed by atoms with E-state index in [1.807, 2.05) is 30.0 Å². The molecule has 42 valence electrons. The van der Waals surface area contributed by atoms with Gasteiger partial charge in [0.2, 0.25) is 0 Å². The SMILES string of the molecule is CC=Cc1cscn1. The third-order valence-electron chi connectivity index (χ3n) is 0.789. The van der Waals surface area contributed by atoms with Gasteiger partial charge in [-0.15, -0.1) is 11.3 Å². The van der Waals surface area contributed by atoms with Crippen LogP contribution in [0.3, 0.4) is 0 Å². The molecule has 8 heavy (non-hydrogen) atoms. The molecule has 0 amide bonds. The Hall–Kier alpha value is -0.630. The molecular weight excluding hydrogens is 118 g/mol. The summed E-state index contributed by atoms with van der Waals surface area (Å²) in [5.41, 5.74) is 2.88. The van der Waals surface area contributed by atoms with Gasteiger partial charge in [-0.1, -0.05) is 6.08 Å². The van der Waals surface area contributed by atoms with Crippen molar-refractivity contribution in [3.05, 3.63) is 22.7 Å². The van der Waals surface area contributed by atoms with E-state index in [0.29, 0.717) is 0 Å². The Bertz CT molecular complexity index is 165. The van der Waals surface area contributed by atoms with E-state index in [2.05, 4.69) is 4.98 Å². The maximum Gasteiger partial charge on any atom is 0.0798 e. The van der Waals surface area contributed by atoms with E-state index in [1.54, 1.807) is 11.3 Å². The standard InChI is InChI=1S/C6H7NS/c1-2-3-6-4-8-5-7-6/h2-5H,1H3. The Morgan fingerprint density at radius 1 is 1.75 bits per heavy atom. The fraction of sp³-hybridized carbons (Fsp3) is 0.167. The van der Waals surface area contributed by atoms with Gasteiger partial charge in [-0.25, -0.2) is 4.98 Å². The first-order chi connectivity index (χ1) is 3.93. The van der Waals surface area contributed by atoms with E-state index in [1.165, 1.54) is 0 Å². The molecule has 0 saturated carbocycles. The van der Waals surface area contributed by atoms with Gasteiger partial charge in [0, 0.05) is 5.38 Å². The lowest BCUT2D eigenvalue weighted by Crippen LogP contribution is -1.63. The van der Waals surface area contributed by atoms with Gasteiger partial charge in [0.15, 0.2) is 0 Å². The van der Waals surface area contributed by atoms with E-state index in [-0.39, 0.29) is 0 Å². The monoisotopic (exact) mass is 125 g/mol. The van der Waals surface area contributed by atoms with Gasteiger partial charge in [0.25, 0.3) is 0 Å². The molecule has 0 atom stereocenters. The van der Waals surface area contributed by atoms with Crippen molar-refractivity contribution in [1.29, 1.82) is 0 Å². The molecule has 1 rings (SSSR count). The van der Waals surface area contributed by atoms with Crippen LogP contribution in [0.25, 0.3) is 6.08 Å². The number of rotatable bonds is 1. The molecular formula is C6H7NS. The van der Waals surface area contributed by atoms with Crippen LogP contribution >= 0.6 is 11.3 Å². The number of aromatic nitrogens is 1. The number of nitrogens with zero attached hydrogens (tertiary/aromatic N) is 1. The van der Waals surface area contributed by atoms with Crippen molar-refractivity contribution in [2.24, 2.45) is 0 Å². The molecule has 1 aromatic heterocycles. The van der Waals surface area contributed by atoms with Crippen LogP contribution in [0.15, 0.2) is 17.0 Å². The fourth-order valence-electron chi connectivity index (χ4n) is 0.475. The highest BCUT2D eigenvalue weighted by atomic mass is 32.1. The first-order valence-electron chi connectivity index (χ1n) is 2.44. The normalized spacial score (nSPS) is 10.6. The third-order valence-corrected chi connectivity index (χ3v) is 1.39. The average molecular weight is 125 g/mol. The van der Waals surface area contributed by atoms with Gasteiger partial charge in [-0.2, -0.15) is 0 Å². The molecule has 0 unspecified atom stereocenters. The predicted molar refractivity (Wildman–Crippen MR) is 36.8 cm³/mol. The Morgan fingerprint density at radius 2 is 2.62 bits per heavy atom. The quantitative estimate of drug-likeness (QED) is 0.560. The highest BCUT2D eigenvalue weighted by Crippen LogP contribution is 2.01. The minimum absolute atomic E-state index is 1.05. The summed E-state index contributed by atoms with van der Waals surface area (Å²) in [6.07, 6.45) is 3.96. The van der Waals surface area contributed by atoms with Gasteiger partial charge in [0.1, 0.15) is 0 Å². The fourth-order valence-corrected chi connectivity index (χ4v) is 0.997. The number of allylic oxidation sites excluding steroid dienone is 1. The van der Waals surface area contributed by atoms with Crippen LogP contribution < -0.4 is 0 Å². The summed E-state index contributed by atoms with van der Waals surface area (Å²) >= 11 is 1.62. The van der Waals surface area contributed by atoms with E-state index in [4.69, 9.17) is 0 Å². The first-order valence-corrected chi connectivity index (χ1v) is 3.38. The van der Waals surface area contributed by atoms with Crippen LogP contribution in [-0.4, -0.2) is 4.98 Å². The van der Waals surface area contributed by atoms with Gasteiger partial charge in [-0.3, -0.25) is 0 Å². The van der Waals surface area contributed by atoms with Gasteiger partial charge in [0.05, 0.1) is 11.2 Å². The molecule has 0 aliphatic carbocycles. The lowest BCUT2D eigenvalue weighted by Gasteiger charge is -1.73. The second kappa shape index (κ2) is 2.62. The van der Waals surface area contributed by atoms with Crippen LogP contribution in [0.1, 0.15) is 12.6 Å². The summed E-state index contributed by atoms with van der Waals surface area (Å²) in [5, 5.41) is 2.01. The molecule has 2 heteroatoms. The molecule has 0 radical (unpaired) electrons. The van der Waals surface area contributed by atoms with Gasteiger partial charge in [-0.05, 0) is 13.0 Å². The first kappa shape index (κ1) is 5.51. The third kappa shape index (κ3) is 1.17. The summed E-state index contributed by atoms with van der Waals surface area (Å²) in [4.78, 5) is 4.04. The molecule has 0 aliphatic heterocycles.